The van der Waals surface area contributed by atoms with Gasteiger partial charge in [0.05, 0.1) is 10.0 Å². The van der Waals surface area contributed by atoms with E-state index in [-0.39, 0.29) is 6.04 Å². The first kappa shape index (κ1) is 15.8. The molecule has 0 spiro atoms. The van der Waals surface area contributed by atoms with E-state index in [1.807, 2.05) is 18.2 Å². The highest BCUT2D eigenvalue weighted by atomic mass is 35.5. The smallest absolute Gasteiger partial charge is 0.0595 e. The van der Waals surface area contributed by atoms with Gasteiger partial charge in [-0.2, -0.15) is 0 Å². The van der Waals surface area contributed by atoms with Crippen molar-refractivity contribution in [1.82, 2.24) is 4.90 Å². The molecule has 2 atom stereocenters. The van der Waals surface area contributed by atoms with Gasteiger partial charge < -0.3 is 5.73 Å². The second-order valence-electron chi connectivity index (χ2n) is 4.88. The molecule has 0 radical (unpaired) electrons. The number of nitrogens with two attached hydrogens (primary N) is 1. The third-order valence-corrected chi connectivity index (χ3v) is 4.12. The molecule has 0 aromatic heterocycles. The molecule has 1 aromatic carbocycles. The van der Waals surface area contributed by atoms with Crippen molar-refractivity contribution >= 4 is 23.2 Å². The van der Waals surface area contributed by atoms with E-state index in [1.165, 1.54) is 6.42 Å². The second kappa shape index (κ2) is 7.34. The van der Waals surface area contributed by atoms with Crippen molar-refractivity contribution in [1.29, 1.82) is 0 Å². The van der Waals surface area contributed by atoms with Crippen LogP contribution in [-0.2, 0) is 0 Å². The van der Waals surface area contributed by atoms with Crippen molar-refractivity contribution in [2.75, 3.05) is 20.1 Å². The summed E-state index contributed by atoms with van der Waals surface area (Å²) in [7, 11) is 2.10. The van der Waals surface area contributed by atoms with Crippen LogP contribution in [0, 0.1) is 5.92 Å². The summed E-state index contributed by atoms with van der Waals surface area (Å²) in [5.74, 6) is 0.659. The molecule has 102 valence electrons. The van der Waals surface area contributed by atoms with E-state index >= 15 is 0 Å². The van der Waals surface area contributed by atoms with Crippen LogP contribution in [-0.4, -0.2) is 25.0 Å². The van der Waals surface area contributed by atoms with Crippen LogP contribution in [0.5, 0.6) is 0 Å². The SMILES string of the molecule is CCC(C)CN(C)C(CN)c1ccc(Cl)c(Cl)c1. The lowest BCUT2D eigenvalue weighted by Crippen LogP contribution is -2.33. The van der Waals surface area contributed by atoms with Crippen molar-refractivity contribution < 1.29 is 0 Å². The lowest BCUT2D eigenvalue weighted by molar-refractivity contribution is 0.215. The van der Waals surface area contributed by atoms with Crippen molar-refractivity contribution in [3.8, 4) is 0 Å². The van der Waals surface area contributed by atoms with Crippen LogP contribution in [0.1, 0.15) is 31.9 Å². The second-order valence-corrected chi connectivity index (χ2v) is 5.69. The number of rotatable bonds is 6. The summed E-state index contributed by atoms with van der Waals surface area (Å²) in [6.07, 6.45) is 1.17. The first-order valence-electron chi connectivity index (χ1n) is 6.34. The normalized spacial score (nSPS) is 14.8. The summed E-state index contributed by atoms with van der Waals surface area (Å²) in [6, 6.07) is 5.93. The van der Waals surface area contributed by atoms with Gasteiger partial charge in [-0.05, 0) is 30.7 Å². The molecule has 1 rings (SSSR count). The number of halogens is 2. The number of nitrogens with zero attached hydrogens (tertiary/aromatic N) is 1. The zero-order chi connectivity index (χ0) is 13.7. The molecule has 2 unspecified atom stereocenters. The largest absolute Gasteiger partial charge is 0.329 e. The Bertz CT molecular complexity index is 382. The van der Waals surface area contributed by atoms with E-state index in [0.29, 0.717) is 22.5 Å². The highest BCUT2D eigenvalue weighted by Gasteiger charge is 2.17. The van der Waals surface area contributed by atoms with E-state index in [9.17, 15) is 0 Å². The molecule has 0 aliphatic rings. The number of benzene rings is 1. The molecule has 2 nitrogen and oxygen atoms in total. The van der Waals surface area contributed by atoms with Crippen LogP contribution < -0.4 is 5.73 Å². The monoisotopic (exact) mass is 288 g/mol. The molecule has 18 heavy (non-hydrogen) atoms. The molecule has 2 N–H and O–H groups in total. The van der Waals surface area contributed by atoms with Crippen LogP contribution in [0.25, 0.3) is 0 Å². The minimum absolute atomic E-state index is 0.189. The molecule has 0 aliphatic heterocycles. The molecular formula is C14H22Cl2N2. The summed E-state index contributed by atoms with van der Waals surface area (Å²) in [5, 5.41) is 1.17. The van der Waals surface area contributed by atoms with Crippen LogP contribution in [0.2, 0.25) is 10.0 Å². The van der Waals surface area contributed by atoms with Crippen LogP contribution in [0.3, 0.4) is 0 Å². The average Bonchev–Trinajstić information content (AvgIpc) is 2.34. The zero-order valence-electron chi connectivity index (χ0n) is 11.3. The van der Waals surface area contributed by atoms with Gasteiger partial charge in [-0.3, -0.25) is 4.90 Å². The topological polar surface area (TPSA) is 29.3 Å². The maximum atomic E-state index is 6.06. The fraction of sp³-hybridized carbons (Fsp3) is 0.571. The molecule has 0 saturated heterocycles. The minimum atomic E-state index is 0.189. The summed E-state index contributed by atoms with van der Waals surface area (Å²) in [4.78, 5) is 2.29. The van der Waals surface area contributed by atoms with Gasteiger partial charge in [0.15, 0.2) is 0 Å². The summed E-state index contributed by atoms with van der Waals surface area (Å²) in [6.45, 7) is 6.05. The van der Waals surface area contributed by atoms with Gasteiger partial charge >= 0.3 is 0 Å². The number of likely N-dealkylation sites (N-methyl/N-ethyl adjacent to an activating group) is 1. The molecule has 1 aromatic rings. The van der Waals surface area contributed by atoms with Crippen molar-refractivity contribution in [3.05, 3.63) is 33.8 Å². The van der Waals surface area contributed by atoms with Crippen molar-refractivity contribution in [3.63, 3.8) is 0 Å². The molecule has 0 amide bonds. The van der Waals surface area contributed by atoms with Crippen LogP contribution >= 0.6 is 23.2 Å². The van der Waals surface area contributed by atoms with E-state index in [1.54, 1.807) is 0 Å². The average molecular weight is 289 g/mol. The van der Waals surface area contributed by atoms with E-state index in [0.717, 1.165) is 12.1 Å². The van der Waals surface area contributed by atoms with Gasteiger partial charge in [0.1, 0.15) is 0 Å². The Morgan fingerprint density at radius 1 is 1.28 bits per heavy atom. The zero-order valence-corrected chi connectivity index (χ0v) is 12.8. The molecule has 0 fully saturated rings. The van der Waals surface area contributed by atoms with Crippen molar-refractivity contribution in [2.24, 2.45) is 11.7 Å². The number of hydrogen-bond acceptors (Lipinski definition) is 2. The number of hydrogen-bond donors (Lipinski definition) is 1. The van der Waals surface area contributed by atoms with Gasteiger partial charge in [0, 0.05) is 19.1 Å². The van der Waals surface area contributed by atoms with Gasteiger partial charge in [-0.25, -0.2) is 0 Å². The van der Waals surface area contributed by atoms with E-state index < -0.39 is 0 Å². The van der Waals surface area contributed by atoms with Crippen LogP contribution in [0.4, 0.5) is 0 Å². The summed E-state index contributed by atoms with van der Waals surface area (Å²) in [5.41, 5.74) is 7.02. The summed E-state index contributed by atoms with van der Waals surface area (Å²) < 4.78 is 0. The van der Waals surface area contributed by atoms with Gasteiger partial charge in [-0.1, -0.05) is 49.5 Å². The lowest BCUT2D eigenvalue weighted by Gasteiger charge is -2.29. The molecule has 0 bridgehead atoms. The van der Waals surface area contributed by atoms with Gasteiger partial charge in [0.2, 0.25) is 0 Å². The molecular weight excluding hydrogens is 267 g/mol. The van der Waals surface area contributed by atoms with Gasteiger partial charge in [0.25, 0.3) is 0 Å². The Hall–Kier alpha value is -0.280. The lowest BCUT2D eigenvalue weighted by atomic mass is 10.0. The fourth-order valence-corrected chi connectivity index (χ4v) is 2.34. The Kier molecular flexibility index (Phi) is 6.44. The summed E-state index contributed by atoms with van der Waals surface area (Å²) >= 11 is 12.0. The Morgan fingerprint density at radius 3 is 2.44 bits per heavy atom. The third kappa shape index (κ3) is 4.13. The first-order chi connectivity index (χ1) is 8.49. The van der Waals surface area contributed by atoms with Gasteiger partial charge in [-0.15, -0.1) is 0 Å². The maximum absolute atomic E-state index is 6.06. The molecule has 4 heteroatoms. The van der Waals surface area contributed by atoms with Crippen LogP contribution in [0.15, 0.2) is 18.2 Å². The molecule has 0 heterocycles. The molecule has 0 aliphatic carbocycles. The standard InChI is InChI=1S/C14H22Cl2N2/c1-4-10(2)9-18(3)14(8-17)11-5-6-12(15)13(16)7-11/h5-7,10,14H,4,8-9,17H2,1-3H3. The fourth-order valence-electron chi connectivity index (χ4n) is 2.04. The highest BCUT2D eigenvalue weighted by Crippen LogP contribution is 2.27. The van der Waals surface area contributed by atoms with E-state index in [4.69, 9.17) is 28.9 Å². The Labute approximate surface area is 120 Å². The van der Waals surface area contributed by atoms with E-state index in [2.05, 4.69) is 25.8 Å². The highest BCUT2D eigenvalue weighted by molar-refractivity contribution is 6.42. The first-order valence-corrected chi connectivity index (χ1v) is 7.10. The Morgan fingerprint density at radius 2 is 1.94 bits per heavy atom. The quantitative estimate of drug-likeness (QED) is 0.858. The Balaban J connectivity index is 2.84. The minimum Gasteiger partial charge on any atom is -0.329 e. The predicted octanol–water partition coefficient (Wildman–Crippen LogP) is 3.97. The third-order valence-electron chi connectivity index (χ3n) is 3.38. The molecule has 0 saturated carbocycles. The maximum Gasteiger partial charge on any atom is 0.0595 e. The van der Waals surface area contributed by atoms with Crippen molar-refractivity contribution in [2.45, 2.75) is 26.3 Å². The predicted molar refractivity (Wildman–Crippen MR) is 80.3 cm³/mol.